The summed E-state index contributed by atoms with van der Waals surface area (Å²) in [7, 11) is -4.97. The number of ether oxygens (including phenoxy) is 6. The maximum Gasteiger partial charge on any atom is 0.762 e. The summed E-state index contributed by atoms with van der Waals surface area (Å²) in [5, 5.41) is 0. The zero-order valence-corrected chi connectivity index (χ0v) is 71.3. The fourth-order valence-corrected chi connectivity index (χ4v) is 10.5. The lowest BCUT2D eigenvalue weighted by Gasteiger charge is -2.39. The molecule has 0 radical (unpaired) electrons. The van der Waals surface area contributed by atoms with Crippen LogP contribution in [0.15, 0.2) is 162 Å². The Labute approximate surface area is 719 Å². The van der Waals surface area contributed by atoms with Crippen LogP contribution in [-0.4, -0.2) is 343 Å². The van der Waals surface area contributed by atoms with Crippen molar-refractivity contribution in [1.29, 1.82) is 0 Å². The van der Waals surface area contributed by atoms with Crippen LogP contribution in [0.5, 0.6) is 0 Å². The predicted octanol–water partition coefficient (Wildman–Crippen LogP) is -5.11. The molecule has 0 bridgehead atoms. The van der Waals surface area contributed by atoms with E-state index < -0.39 is 37.7 Å². The van der Waals surface area contributed by atoms with Gasteiger partial charge in [0.15, 0.2) is 0 Å². The van der Waals surface area contributed by atoms with E-state index in [0.29, 0.717) is 33.0 Å². The summed E-state index contributed by atoms with van der Waals surface area (Å²) >= 11 is 0. The van der Waals surface area contributed by atoms with E-state index in [0.717, 1.165) is 90.1 Å². The minimum atomic E-state index is -3.67. The van der Waals surface area contributed by atoms with Crippen LogP contribution in [0.4, 0.5) is 79.1 Å². The molecular formula is C68H106B5F20N21O12-4. The molecule has 0 N–H and O–H groups in total. The molecule has 10 rings (SSSR count). The summed E-state index contributed by atoms with van der Waals surface area (Å²) in [5.74, 6) is -0.714. The highest BCUT2D eigenvalue weighted by Crippen LogP contribution is 2.28. The summed E-state index contributed by atoms with van der Waals surface area (Å²) < 4.78 is 186. The molecule has 58 heteroatoms. The summed E-state index contributed by atoms with van der Waals surface area (Å²) in [6.45, 7) is 22.2. The van der Waals surface area contributed by atoms with E-state index in [4.69, 9.17) is 28.4 Å². The molecule has 0 spiro atoms. The van der Waals surface area contributed by atoms with Crippen molar-refractivity contribution in [3.63, 3.8) is 0 Å². The SMILES string of the molecule is CCCCN1C=CN(CC(COC)(COC(C)=O)CN2C=CN(CCCC)C2)C1.COCC(COC(C)=O)(CN1C=CN(C)C1)CN1C=CN(C)C1.COCC[N+](C)(C)CCOC(C)=O.FB(F)F.FB(F)F.FB(F)F.FB(F)F.FB(F)F.O=C(n1ccnc1)n1ccnc1.O=C(n1ccnc1)n1ccnc1.O=C(n1ccnc1)n1ccnc1.[F-].[F-].[F-].[F-].[F-]. The smallest absolute Gasteiger partial charge is 0.762 e. The van der Waals surface area contributed by atoms with Crippen molar-refractivity contribution >= 4 is 73.7 Å². The topological polar surface area (TPSA) is 291 Å². The normalized spacial score (nSPS) is 12.1. The molecule has 0 saturated heterocycles. The second kappa shape index (κ2) is 72.0. The number of esters is 3. The Balaban J connectivity index is -0.000000334. The van der Waals surface area contributed by atoms with Crippen molar-refractivity contribution in [3.05, 3.63) is 162 Å². The molecule has 6 aromatic rings. The van der Waals surface area contributed by atoms with Crippen LogP contribution >= 0.6 is 0 Å². The van der Waals surface area contributed by atoms with Crippen LogP contribution in [0.1, 0.15) is 60.3 Å². The molecule has 0 aliphatic carbocycles. The number of aromatic nitrogens is 12. The lowest BCUT2D eigenvalue weighted by molar-refractivity contribution is -0.890. The van der Waals surface area contributed by atoms with Crippen molar-refractivity contribution in [3.8, 4) is 0 Å². The molecule has 0 saturated carbocycles. The first-order valence-electron chi connectivity index (χ1n) is 36.6. The number of carbonyl (C=O) groups excluding carboxylic acids is 6. The van der Waals surface area contributed by atoms with Crippen molar-refractivity contribution in [2.75, 3.05) is 168 Å². The van der Waals surface area contributed by atoms with Gasteiger partial charge in [-0.3, -0.25) is 107 Å². The number of imidazole rings is 6. The Morgan fingerprint density at radius 2 is 0.579 bits per heavy atom. The number of quaternary nitrogens is 1. The maximum atomic E-state index is 11.6. The fourth-order valence-electron chi connectivity index (χ4n) is 10.5. The number of methoxy groups -OCH3 is 3. The Hall–Kier alpha value is -11.2. The largest absolute Gasteiger partial charge is 1.00 e. The number of likely N-dealkylation sites (N-methyl/N-ethyl adjacent to an activating group) is 1. The summed E-state index contributed by atoms with van der Waals surface area (Å²) in [6.07, 6.45) is 49.2. The van der Waals surface area contributed by atoms with Gasteiger partial charge in [0.25, 0.3) is 0 Å². The molecule has 126 heavy (non-hydrogen) atoms. The zero-order chi connectivity index (χ0) is 91.4. The fraction of sp³-hybridized carbons (Fsp3) is 0.529. The van der Waals surface area contributed by atoms with Gasteiger partial charge < -0.3 is 95.6 Å². The first-order chi connectivity index (χ1) is 57.2. The van der Waals surface area contributed by atoms with E-state index in [-0.39, 0.29) is 70.4 Å². The van der Waals surface area contributed by atoms with Crippen LogP contribution in [-0.2, 0) is 42.8 Å². The van der Waals surface area contributed by atoms with Crippen molar-refractivity contribution in [2.24, 2.45) is 10.8 Å². The van der Waals surface area contributed by atoms with E-state index in [2.05, 4.69) is 134 Å². The van der Waals surface area contributed by atoms with E-state index in [9.17, 15) is 93.5 Å². The molecule has 0 aromatic carbocycles. The van der Waals surface area contributed by atoms with E-state index >= 15 is 0 Å². The van der Waals surface area contributed by atoms with Gasteiger partial charge in [-0.2, -0.15) is 0 Å². The highest BCUT2D eigenvalue weighted by molar-refractivity contribution is 6.34. The van der Waals surface area contributed by atoms with Gasteiger partial charge in [0.2, 0.25) is 0 Å². The lowest BCUT2D eigenvalue weighted by atomic mass is 9.88. The van der Waals surface area contributed by atoms with Gasteiger partial charge in [0.05, 0.1) is 71.4 Å². The summed E-state index contributed by atoms with van der Waals surface area (Å²) in [6, 6.07) is -0.569. The van der Waals surface area contributed by atoms with Gasteiger partial charge in [0, 0.05) is 219 Å². The number of carbonyl (C=O) groups is 6. The Kier molecular flexibility index (Phi) is 71.8. The average Bonchev–Trinajstić information content (AvgIpc) is 1.64. The van der Waals surface area contributed by atoms with Crippen LogP contribution in [0.2, 0.25) is 0 Å². The molecule has 0 unspecified atom stereocenters. The van der Waals surface area contributed by atoms with Crippen molar-refractivity contribution in [2.45, 2.75) is 60.3 Å². The zero-order valence-electron chi connectivity index (χ0n) is 71.3. The van der Waals surface area contributed by atoms with Crippen LogP contribution < -0.4 is 23.5 Å². The number of halogens is 20. The monoisotopic (exact) mass is 1840 g/mol. The van der Waals surface area contributed by atoms with Crippen LogP contribution in [0, 0.1) is 10.8 Å². The van der Waals surface area contributed by atoms with E-state index in [1.165, 1.54) is 112 Å². The molecule has 0 fully saturated rings. The van der Waals surface area contributed by atoms with Crippen LogP contribution in [0.25, 0.3) is 0 Å². The van der Waals surface area contributed by atoms with Gasteiger partial charge >= 0.3 is 73.7 Å². The summed E-state index contributed by atoms with van der Waals surface area (Å²) in [5.41, 5.74) is -0.581. The molecule has 6 aromatic heterocycles. The lowest BCUT2D eigenvalue weighted by Crippen LogP contribution is -3.00. The van der Waals surface area contributed by atoms with Gasteiger partial charge in [-0.25, -0.2) is 44.3 Å². The first-order valence-corrected chi connectivity index (χ1v) is 36.6. The van der Waals surface area contributed by atoms with Gasteiger partial charge in [0.1, 0.15) is 70.9 Å². The predicted molar refractivity (Wildman–Crippen MR) is 421 cm³/mol. The Morgan fingerprint density at radius 1 is 0.349 bits per heavy atom. The molecule has 714 valence electrons. The number of hydrogen-bond acceptors (Lipinski definition) is 26. The second-order valence-electron chi connectivity index (χ2n) is 26.6. The average molecular weight is 1840 g/mol. The number of hydrogen-bond donors (Lipinski definition) is 0. The third-order valence-corrected chi connectivity index (χ3v) is 15.6. The van der Waals surface area contributed by atoms with E-state index in [1.54, 1.807) is 95.7 Å². The Bertz CT molecular complexity index is 3370. The van der Waals surface area contributed by atoms with Gasteiger partial charge in [-0.1, -0.05) is 26.7 Å². The molecule has 33 nitrogen and oxygen atoms in total. The van der Waals surface area contributed by atoms with Gasteiger partial charge in [-0.05, 0) is 12.8 Å². The minimum Gasteiger partial charge on any atom is -1.00 e. The highest BCUT2D eigenvalue weighted by atomic mass is 19.4. The Morgan fingerprint density at radius 3 is 0.778 bits per heavy atom. The quantitative estimate of drug-likeness (QED) is 0.0146. The molecule has 4 aliphatic heterocycles. The summed E-state index contributed by atoms with van der Waals surface area (Å²) in [4.78, 5) is 108. The van der Waals surface area contributed by atoms with Crippen LogP contribution in [0.3, 0.4) is 0 Å². The molecule has 4 aliphatic rings. The van der Waals surface area contributed by atoms with Crippen molar-refractivity contribution < 1.29 is 150 Å². The third-order valence-electron chi connectivity index (χ3n) is 15.6. The van der Waals surface area contributed by atoms with Crippen molar-refractivity contribution in [1.82, 2.24) is 96.5 Å². The minimum absolute atomic E-state index is 0. The number of rotatable bonds is 28. The molecule has 10 heterocycles. The molecule has 0 atom stereocenters. The standard InChI is InChI=1S/C22H40N4O3.C16H28N4O3.C9H20NO3.3C7H6N4O.5BF3.5FH/c1-5-7-9-23-11-13-25(19-23)15-22(17-28-4,18-29-21(3)27)16-26-14-12-24(20-26)10-8-6-2;1-15(21)23-12-16(11-22-4,9-19-7-5-17(2)13-19)10-20-8-6-18(3)14-20;1-9(11)13-8-6-10(2,3)5-7-12-4;3*12-7(10-3-1-8-5-10)11-4-2-9-6-11;5*2-1(3)4;;;;;/h11-14H,5-10,15-20H2,1-4H3;5-8H,9-14H2,1-4H3;5-8H2,1-4H3;3*1-6H;;;;;;5*1H/q;;+1;;;;;;;;;;;;;/p-5. The first kappa shape index (κ1) is 126. The second-order valence-corrected chi connectivity index (χ2v) is 26.6. The number of nitrogens with zero attached hydrogens (tertiary/aromatic N) is 21. The van der Waals surface area contributed by atoms with E-state index in [1.807, 2.05) is 26.5 Å². The maximum absolute atomic E-state index is 11.6. The molecule has 0 amide bonds. The highest BCUT2D eigenvalue weighted by Gasteiger charge is 2.39. The number of unbranched alkanes of at least 4 members (excludes halogenated alkanes) is 2. The third kappa shape index (κ3) is 62.0. The molecular weight excluding hydrogens is 1740 g/mol. The van der Waals surface area contributed by atoms with Gasteiger partial charge in [-0.15, -0.1) is 0 Å².